The van der Waals surface area contributed by atoms with Crippen molar-refractivity contribution in [3.05, 3.63) is 33.9 Å². The van der Waals surface area contributed by atoms with Crippen LogP contribution in [0.1, 0.15) is 18.9 Å². The summed E-state index contributed by atoms with van der Waals surface area (Å²) in [4.78, 5) is 10.9. The molecule has 2 rings (SSSR count). The molecule has 0 amide bonds. The fourth-order valence-corrected chi connectivity index (χ4v) is 2.57. The lowest BCUT2D eigenvalue weighted by Gasteiger charge is -2.04. The first kappa shape index (κ1) is 13.2. The van der Waals surface area contributed by atoms with Crippen LogP contribution in [-0.2, 0) is 17.8 Å². The zero-order valence-corrected chi connectivity index (χ0v) is 11.4. The molecule has 1 aromatic heterocycles. The first-order valence-corrected chi connectivity index (χ1v) is 6.47. The smallest absolute Gasteiger partial charge is 0.323 e. The van der Waals surface area contributed by atoms with Gasteiger partial charge in [-0.05, 0) is 18.1 Å². The Labute approximate surface area is 115 Å². The Bertz CT molecular complexity index is 605. The van der Waals surface area contributed by atoms with Gasteiger partial charge in [-0.2, -0.15) is 0 Å². The SMILES string of the molecule is CCCc1cn(CC(=O)O)c2c(Cl)c(Cl)ccc12. The third kappa shape index (κ3) is 2.33. The second-order valence-corrected chi connectivity index (χ2v) is 4.97. The first-order chi connectivity index (χ1) is 8.54. The highest BCUT2D eigenvalue weighted by Crippen LogP contribution is 2.34. The average Bonchev–Trinajstić information content (AvgIpc) is 2.62. The van der Waals surface area contributed by atoms with Crippen molar-refractivity contribution in [1.82, 2.24) is 4.57 Å². The molecule has 0 spiro atoms. The molecule has 96 valence electrons. The van der Waals surface area contributed by atoms with Gasteiger partial charge in [0.2, 0.25) is 0 Å². The van der Waals surface area contributed by atoms with Crippen molar-refractivity contribution in [3.63, 3.8) is 0 Å². The summed E-state index contributed by atoms with van der Waals surface area (Å²) < 4.78 is 1.65. The van der Waals surface area contributed by atoms with E-state index >= 15 is 0 Å². The summed E-state index contributed by atoms with van der Waals surface area (Å²) in [6, 6.07) is 3.64. The maximum Gasteiger partial charge on any atom is 0.323 e. The van der Waals surface area contributed by atoms with Crippen LogP contribution in [0.4, 0.5) is 0 Å². The molecule has 1 N–H and O–H groups in total. The molecular formula is C13H13Cl2NO2. The number of aryl methyl sites for hydroxylation is 1. The molecule has 1 aromatic carbocycles. The van der Waals surface area contributed by atoms with Gasteiger partial charge in [0, 0.05) is 11.6 Å². The number of hydrogen-bond acceptors (Lipinski definition) is 1. The van der Waals surface area contributed by atoms with Gasteiger partial charge in [0.25, 0.3) is 0 Å². The number of aromatic nitrogens is 1. The first-order valence-electron chi connectivity index (χ1n) is 5.72. The van der Waals surface area contributed by atoms with Crippen molar-refractivity contribution in [2.75, 3.05) is 0 Å². The molecule has 0 atom stereocenters. The van der Waals surface area contributed by atoms with Crippen molar-refractivity contribution in [2.45, 2.75) is 26.3 Å². The number of fused-ring (bicyclic) bond motifs is 1. The van der Waals surface area contributed by atoms with Crippen LogP contribution in [0.25, 0.3) is 10.9 Å². The molecule has 0 aliphatic rings. The van der Waals surface area contributed by atoms with E-state index in [9.17, 15) is 4.79 Å². The van der Waals surface area contributed by atoms with Gasteiger partial charge in [-0.1, -0.05) is 42.6 Å². The van der Waals surface area contributed by atoms with E-state index in [1.54, 1.807) is 10.6 Å². The van der Waals surface area contributed by atoms with E-state index in [-0.39, 0.29) is 6.54 Å². The van der Waals surface area contributed by atoms with Crippen LogP contribution in [-0.4, -0.2) is 15.6 Å². The molecule has 0 saturated carbocycles. The van der Waals surface area contributed by atoms with Gasteiger partial charge >= 0.3 is 5.97 Å². The molecule has 0 aliphatic carbocycles. The summed E-state index contributed by atoms with van der Waals surface area (Å²) in [6.07, 6.45) is 3.73. The van der Waals surface area contributed by atoms with Gasteiger partial charge < -0.3 is 9.67 Å². The number of carbonyl (C=O) groups is 1. The van der Waals surface area contributed by atoms with Gasteiger partial charge in [-0.25, -0.2) is 0 Å². The predicted molar refractivity (Wildman–Crippen MR) is 73.6 cm³/mol. The summed E-state index contributed by atoms with van der Waals surface area (Å²) in [6.45, 7) is 1.97. The highest BCUT2D eigenvalue weighted by atomic mass is 35.5. The molecule has 0 unspecified atom stereocenters. The molecule has 0 fully saturated rings. The minimum absolute atomic E-state index is 0.111. The van der Waals surface area contributed by atoms with Crippen molar-refractivity contribution < 1.29 is 9.90 Å². The van der Waals surface area contributed by atoms with Crippen LogP contribution in [0.5, 0.6) is 0 Å². The van der Waals surface area contributed by atoms with Crippen LogP contribution in [0.2, 0.25) is 10.0 Å². The number of halogens is 2. The van der Waals surface area contributed by atoms with Crippen LogP contribution in [0.3, 0.4) is 0 Å². The van der Waals surface area contributed by atoms with Crippen molar-refractivity contribution in [3.8, 4) is 0 Å². The highest BCUT2D eigenvalue weighted by Gasteiger charge is 2.14. The van der Waals surface area contributed by atoms with Crippen LogP contribution >= 0.6 is 23.2 Å². The Morgan fingerprint density at radius 2 is 2.11 bits per heavy atom. The molecule has 1 heterocycles. The van der Waals surface area contributed by atoms with E-state index in [0.717, 1.165) is 23.8 Å². The van der Waals surface area contributed by atoms with Gasteiger partial charge in [0.15, 0.2) is 0 Å². The standard InChI is InChI=1S/C13H13Cl2NO2/c1-2-3-8-6-16(7-11(17)18)13-9(8)4-5-10(14)12(13)15/h4-6H,2-3,7H2,1H3,(H,17,18). The number of benzene rings is 1. The van der Waals surface area contributed by atoms with Gasteiger partial charge in [-0.3, -0.25) is 4.79 Å². The van der Waals surface area contributed by atoms with E-state index < -0.39 is 5.97 Å². The number of rotatable bonds is 4. The second-order valence-electron chi connectivity index (χ2n) is 4.18. The van der Waals surface area contributed by atoms with Gasteiger partial charge in [0.05, 0.1) is 15.6 Å². The Balaban J connectivity index is 2.68. The summed E-state index contributed by atoms with van der Waals surface area (Å²) >= 11 is 12.2. The molecule has 2 aromatic rings. The molecule has 5 heteroatoms. The highest BCUT2D eigenvalue weighted by molar-refractivity contribution is 6.45. The Hall–Kier alpha value is -1.19. The molecule has 0 bridgehead atoms. The third-order valence-corrected chi connectivity index (χ3v) is 3.63. The normalized spacial score (nSPS) is 11.1. The van der Waals surface area contributed by atoms with Crippen molar-refractivity contribution >= 4 is 40.1 Å². The number of carboxylic acid groups (broad SMARTS) is 1. The summed E-state index contributed by atoms with van der Waals surface area (Å²) in [7, 11) is 0. The Morgan fingerprint density at radius 3 is 2.72 bits per heavy atom. The van der Waals surface area contributed by atoms with E-state index in [4.69, 9.17) is 28.3 Å². The quantitative estimate of drug-likeness (QED) is 0.923. The zero-order chi connectivity index (χ0) is 13.3. The minimum atomic E-state index is -0.897. The molecule has 0 aliphatic heterocycles. The number of aliphatic carboxylic acids is 1. The third-order valence-electron chi connectivity index (χ3n) is 2.84. The van der Waals surface area contributed by atoms with Gasteiger partial charge in [0.1, 0.15) is 6.54 Å². The zero-order valence-electron chi connectivity index (χ0n) is 9.91. The molecule has 0 saturated heterocycles. The monoisotopic (exact) mass is 285 g/mol. The number of carboxylic acids is 1. The minimum Gasteiger partial charge on any atom is -0.480 e. The lowest BCUT2D eigenvalue weighted by Crippen LogP contribution is -2.07. The molecule has 18 heavy (non-hydrogen) atoms. The maximum atomic E-state index is 10.9. The van der Waals surface area contributed by atoms with E-state index in [0.29, 0.717) is 15.6 Å². The largest absolute Gasteiger partial charge is 0.480 e. The van der Waals surface area contributed by atoms with Crippen molar-refractivity contribution in [1.29, 1.82) is 0 Å². The van der Waals surface area contributed by atoms with Crippen molar-refractivity contribution in [2.24, 2.45) is 0 Å². The van der Waals surface area contributed by atoms with Crippen LogP contribution in [0, 0.1) is 0 Å². The predicted octanol–water partition coefficient (Wildman–Crippen LogP) is 3.99. The molecular weight excluding hydrogens is 273 g/mol. The number of hydrogen-bond donors (Lipinski definition) is 1. The lowest BCUT2D eigenvalue weighted by molar-refractivity contribution is -0.137. The second kappa shape index (κ2) is 5.21. The average molecular weight is 286 g/mol. The fraction of sp³-hybridized carbons (Fsp3) is 0.308. The summed E-state index contributed by atoms with van der Waals surface area (Å²) in [5.41, 5.74) is 1.81. The van der Waals surface area contributed by atoms with E-state index in [2.05, 4.69) is 6.92 Å². The molecule has 3 nitrogen and oxygen atoms in total. The number of nitrogens with zero attached hydrogens (tertiary/aromatic N) is 1. The van der Waals surface area contributed by atoms with E-state index in [1.165, 1.54) is 0 Å². The summed E-state index contributed by atoms with van der Waals surface area (Å²) in [5, 5.41) is 10.8. The maximum absolute atomic E-state index is 10.9. The topological polar surface area (TPSA) is 42.2 Å². The lowest BCUT2D eigenvalue weighted by atomic mass is 10.1. The van der Waals surface area contributed by atoms with E-state index in [1.807, 2.05) is 12.3 Å². The van der Waals surface area contributed by atoms with Gasteiger partial charge in [-0.15, -0.1) is 0 Å². The molecule has 0 radical (unpaired) electrons. The fourth-order valence-electron chi connectivity index (χ4n) is 2.14. The van der Waals surface area contributed by atoms with Crippen LogP contribution < -0.4 is 0 Å². The summed E-state index contributed by atoms with van der Waals surface area (Å²) in [5.74, 6) is -0.897. The Kier molecular flexibility index (Phi) is 3.83. The van der Waals surface area contributed by atoms with Crippen LogP contribution in [0.15, 0.2) is 18.3 Å². The Morgan fingerprint density at radius 1 is 1.39 bits per heavy atom.